The van der Waals surface area contributed by atoms with Crippen molar-refractivity contribution in [2.75, 3.05) is 13.1 Å². The molecule has 3 aromatic rings. The van der Waals surface area contributed by atoms with E-state index in [4.69, 9.17) is 4.98 Å². The summed E-state index contributed by atoms with van der Waals surface area (Å²) in [5, 5.41) is 11.7. The topological polar surface area (TPSA) is 89.9 Å². The lowest BCUT2D eigenvalue weighted by atomic mass is 9.92. The Labute approximate surface area is 157 Å². The Bertz CT molecular complexity index is 976. The van der Waals surface area contributed by atoms with Gasteiger partial charge in [-0.15, -0.1) is 0 Å². The molecular formula is C19H22N6O2. The normalized spacial score (nSPS) is 17.3. The van der Waals surface area contributed by atoms with Crippen LogP contribution in [0.2, 0.25) is 0 Å². The van der Waals surface area contributed by atoms with Gasteiger partial charge in [0.25, 0.3) is 5.91 Å². The van der Waals surface area contributed by atoms with Crippen molar-refractivity contribution < 1.29 is 9.42 Å². The molecule has 0 bridgehead atoms. The van der Waals surface area contributed by atoms with Crippen molar-refractivity contribution in [2.24, 2.45) is 7.05 Å². The SMILES string of the molecule is Cc1cc(-c2cnn(C)c2)cc([C@H]2CCCN(C(=O)c3nonc3C)C2)n1. The van der Waals surface area contributed by atoms with Gasteiger partial charge in [-0.3, -0.25) is 14.5 Å². The highest BCUT2D eigenvalue weighted by molar-refractivity contribution is 5.93. The van der Waals surface area contributed by atoms with Gasteiger partial charge >= 0.3 is 0 Å². The highest BCUT2D eigenvalue weighted by Gasteiger charge is 2.29. The first kappa shape index (κ1) is 17.4. The van der Waals surface area contributed by atoms with E-state index in [-0.39, 0.29) is 11.8 Å². The van der Waals surface area contributed by atoms with Gasteiger partial charge in [-0.1, -0.05) is 5.16 Å². The number of carbonyl (C=O) groups is 1. The third-order valence-corrected chi connectivity index (χ3v) is 4.99. The first-order valence-corrected chi connectivity index (χ1v) is 9.07. The van der Waals surface area contributed by atoms with Gasteiger partial charge in [-0.05, 0) is 49.5 Å². The van der Waals surface area contributed by atoms with Crippen molar-refractivity contribution in [3.63, 3.8) is 0 Å². The highest BCUT2D eigenvalue weighted by Crippen LogP contribution is 2.30. The predicted octanol–water partition coefficient (Wildman–Crippen LogP) is 2.50. The molecule has 1 atom stereocenters. The number of pyridine rings is 1. The van der Waals surface area contributed by atoms with Crippen LogP contribution in [0.25, 0.3) is 11.1 Å². The van der Waals surface area contributed by atoms with E-state index in [0.29, 0.717) is 24.5 Å². The molecule has 0 aliphatic carbocycles. The van der Waals surface area contributed by atoms with E-state index in [1.54, 1.807) is 11.6 Å². The number of nitrogens with zero attached hydrogens (tertiary/aromatic N) is 6. The lowest BCUT2D eigenvalue weighted by Gasteiger charge is -2.32. The van der Waals surface area contributed by atoms with Gasteiger partial charge in [-0.2, -0.15) is 5.10 Å². The Balaban J connectivity index is 1.59. The third kappa shape index (κ3) is 3.47. The fraction of sp³-hybridized carbons (Fsp3) is 0.421. The van der Waals surface area contributed by atoms with Gasteiger partial charge in [0, 0.05) is 49.2 Å². The number of amides is 1. The summed E-state index contributed by atoms with van der Waals surface area (Å²) in [7, 11) is 1.91. The minimum Gasteiger partial charge on any atom is -0.336 e. The Hall–Kier alpha value is -3.03. The third-order valence-electron chi connectivity index (χ3n) is 4.99. The number of rotatable bonds is 3. The molecule has 0 aromatic carbocycles. The van der Waals surface area contributed by atoms with Crippen LogP contribution in [0.5, 0.6) is 0 Å². The zero-order valence-electron chi connectivity index (χ0n) is 15.7. The van der Waals surface area contributed by atoms with Crippen molar-refractivity contribution in [1.82, 2.24) is 30.0 Å². The highest BCUT2D eigenvalue weighted by atomic mass is 16.6. The van der Waals surface area contributed by atoms with Gasteiger partial charge in [-0.25, -0.2) is 4.63 Å². The van der Waals surface area contributed by atoms with Crippen LogP contribution in [0, 0.1) is 13.8 Å². The first-order valence-electron chi connectivity index (χ1n) is 9.07. The van der Waals surface area contributed by atoms with Gasteiger partial charge in [0.05, 0.1) is 6.20 Å². The van der Waals surface area contributed by atoms with Gasteiger partial charge in [0.15, 0.2) is 5.69 Å². The maximum absolute atomic E-state index is 12.7. The summed E-state index contributed by atoms with van der Waals surface area (Å²) in [6.07, 6.45) is 5.78. The summed E-state index contributed by atoms with van der Waals surface area (Å²) in [6.45, 7) is 5.06. The molecule has 8 nitrogen and oxygen atoms in total. The van der Waals surface area contributed by atoms with Crippen LogP contribution in [0.3, 0.4) is 0 Å². The molecular weight excluding hydrogens is 344 g/mol. The fourth-order valence-electron chi connectivity index (χ4n) is 3.62. The van der Waals surface area contributed by atoms with Crippen molar-refractivity contribution >= 4 is 5.91 Å². The summed E-state index contributed by atoms with van der Waals surface area (Å²) in [5.74, 6) is 0.0665. The van der Waals surface area contributed by atoms with Crippen LogP contribution < -0.4 is 0 Å². The molecule has 27 heavy (non-hydrogen) atoms. The molecule has 1 aliphatic heterocycles. The van der Waals surface area contributed by atoms with Crippen molar-refractivity contribution in [1.29, 1.82) is 0 Å². The summed E-state index contributed by atoms with van der Waals surface area (Å²) in [5.41, 5.74) is 4.97. The summed E-state index contributed by atoms with van der Waals surface area (Å²) < 4.78 is 6.48. The first-order chi connectivity index (χ1) is 13.0. The average Bonchev–Trinajstić information content (AvgIpc) is 3.29. The zero-order chi connectivity index (χ0) is 19.0. The Morgan fingerprint density at radius 2 is 2.07 bits per heavy atom. The number of likely N-dealkylation sites (tertiary alicyclic amines) is 1. The van der Waals surface area contributed by atoms with Crippen LogP contribution in [-0.2, 0) is 7.05 Å². The smallest absolute Gasteiger partial charge is 0.278 e. The van der Waals surface area contributed by atoms with E-state index in [9.17, 15) is 4.79 Å². The second-order valence-electron chi connectivity index (χ2n) is 7.11. The average molecular weight is 366 g/mol. The summed E-state index contributed by atoms with van der Waals surface area (Å²) in [4.78, 5) is 19.3. The molecule has 0 N–H and O–H groups in total. The molecule has 1 fully saturated rings. The maximum atomic E-state index is 12.7. The second-order valence-corrected chi connectivity index (χ2v) is 7.11. The Morgan fingerprint density at radius 1 is 1.22 bits per heavy atom. The van der Waals surface area contributed by atoms with Gasteiger partial charge in [0.1, 0.15) is 5.69 Å². The largest absolute Gasteiger partial charge is 0.336 e. The molecule has 3 aromatic heterocycles. The van der Waals surface area contributed by atoms with Crippen LogP contribution >= 0.6 is 0 Å². The molecule has 140 valence electrons. The van der Waals surface area contributed by atoms with E-state index >= 15 is 0 Å². The molecule has 4 rings (SSSR count). The summed E-state index contributed by atoms with van der Waals surface area (Å²) >= 11 is 0. The van der Waals surface area contributed by atoms with Crippen LogP contribution in [0.1, 0.15) is 46.3 Å². The molecule has 1 aliphatic rings. The van der Waals surface area contributed by atoms with E-state index in [2.05, 4.69) is 32.2 Å². The molecule has 0 spiro atoms. The van der Waals surface area contributed by atoms with Crippen LogP contribution in [0.4, 0.5) is 0 Å². The van der Waals surface area contributed by atoms with E-state index in [1.807, 2.05) is 31.3 Å². The predicted molar refractivity (Wildman–Crippen MR) is 98.1 cm³/mol. The Morgan fingerprint density at radius 3 is 2.78 bits per heavy atom. The minimum atomic E-state index is -0.126. The molecule has 4 heterocycles. The van der Waals surface area contributed by atoms with Crippen LogP contribution in [0.15, 0.2) is 29.2 Å². The van der Waals surface area contributed by atoms with E-state index in [1.165, 1.54) is 0 Å². The molecule has 0 unspecified atom stereocenters. The van der Waals surface area contributed by atoms with Crippen LogP contribution in [-0.4, -0.2) is 49.0 Å². The Kier molecular flexibility index (Phi) is 4.47. The summed E-state index contributed by atoms with van der Waals surface area (Å²) in [6, 6.07) is 4.18. The van der Waals surface area contributed by atoms with E-state index in [0.717, 1.165) is 35.4 Å². The number of aryl methyl sites for hydroxylation is 3. The molecule has 1 amide bonds. The van der Waals surface area contributed by atoms with Crippen molar-refractivity contribution in [2.45, 2.75) is 32.6 Å². The molecule has 1 saturated heterocycles. The number of hydrogen-bond acceptors (Lipinski definition) is 6. The number of piperidine rings is 1. The maximum Gasteiger partial charge on any atom is 0.278 e. The lowest BCUT2D eigenvalue weighted by molar-refractivity contribution is 0.0694. The van der Waals surface area contributed by atoms with Crippen molar-refractivity contribution in [3.05, 3.63) is 47.3 Å². The van der Waals surface area contributed by atoms with Gasteiger partial charge < -0.3 is 4.90 Å². The standard InChI is InChI=1S/C19H22N6O2/c1-12-7-15(16-9-20-24(3)10-16)8-17(21-12)14-5-4-6-25(11-14)19(26)18-13(2)22-27-23-18/h7-10,14H,4-6,11H2,1-3H3/t14-/m0/s1. The monoisotopic (exact) mass is 366 g/mol. The second kappa shape index (κ2) is 6.94. The molecule has 0 radical (unpaired) electrons. The molecule has 8 heteroatoms. The number of aromatic nitrogens is 5. The fourth-order valence-corrected chi connectivity index (χ4v) is 3.62. The molecule has 0 saturated carbocycles. The lowest BCUT2D eigenvalue weighted by Crippen LogP contribution is -2.39. The number of carbonyl (C=O) groups excluding carboxylic acids is 1. The van der Waals surface area contributed by atoms with E-state index < -0.39 is 0 Å². The quantitative estimate of drug-likeness (QED) is 0.707. The minimum absolute atomic E-state index is 0.126. The van der Waals surface area contributed by atoms with Crippen molar-refractivity contribution in [3.8, 4) is 11.1 Å². The number of hydrogen-bond donors (Lipinski definition) is 0. The zero-order valence-corrected chi connectivity index (χ0v) is 15.7. The van der Waals surface area contributed by atoms with Gasteiger partial charge in [0.2, 0.25) is 0 Å².